The van der Waals surface area contributed by atoms with E-state index in [-0.39, 0.29) is 0 Å². The lowest BCUT2D eigenvalue weighted by molar-refractivity contribution is 0.385. The second-order valence-corrected chi connectivity index (χ2v) is 4.00. The molecule has 1 aliphatic heterocycles. The highest BCUT2D eigenvalue weighted by molar-refractivity contribution is 5.84. The van der Waals surface area contributed by atoms with E-state index in [9.17, 15) is 0 Å². The van der Waals surface area contributed by atoms with Gasteiger partial charge in [0.1, 0.15) is 0 Å². The molecule has 1 aliphatic rings. The number of aryl methyl sites for hydroxylation is 1. The topological polar surface area (TPSA) is 17.0 Å². The van der Waals surface area contributed by atoms with Crippen molar-refractivity contribution >= 4 is 10.9 Å². The quantitative estimate of drug-likeness (QED) is 0.722. The van der Waals surface area contributed by atoms with Gasteiger partial charge in [-0.05, 0) is 30.7 Å². The maximum absolute atomic E-state index is 3.45. The Labute approximate surface area is 83.5 Å². The Balaban J connectivity index is 2.22. The van der Waals surface area contributed by atoms with Gasteiger partial charge in [0, 0.05) is 30.2 Å². The van der Waals surface area contributed by atoms with E-state index in [0.717, 1.165) is 6.54 Å². The first-order chi connectivity index (χ1) is 6.86. The van der Waals surface area contributed by atoms with Gasteiger partial charge in [-0.1, -0.05) is 12.1 Å². The van der Waals surface area contributed by atoms with Gasteiger partial charge in [-0.15, -0.1) is 0 Å². The number of hydrogen-bond donors (Lipinski definition) is 1. The molecule has 0 spiro atoms. The number of hydrogen-bond acceptors (Lipinski definition) is 1. The molecular weight excluding hydrogens is 172 g/mol. The third-order valence-electron chi connectivity index (χ3n) is 3.16. The summed E-state index contributed by atoms with van der Waals surface area (Å²) in [5.74, 6) is 0. The standard InChI is InChI=1S/C12H14N2/c1-14-8-6-10-9(11-5-7-13-11)3-2-4-12(10)14/h2-4,6,8,11,13H,5,7H2,1H3. The van der Waals surface area contributed by atoms with Gasteiger partial charge in [0.15, 0.2) is 0 Å². The zero-order valence-electron chi connectivity index (χ0n) is 8.33. The zero-order chi connectivity index (χ0) is 9.54. The van der Waals surface area contributed by atoms with Crippen LogP contribution in [0.1, 0.15) is 18.0 Å². The van der Waals surface area contributed by atoms with E-state index in [0.29, 0.717) is 6.04 Å². The molecule has 1 aromatic heterocycles. The lowest BCUT2D eigenvalue weighted by atomic mass is 9.95. The Hall–Kier alpha value is -1.28. The van der Waals surface area contributed by atoms with Gasteiger partial charge < -0.3 is 9.88 Å². The van der Waals surface area contributed by atoms with Crippen LogP contribution in [0, 0.1) is 0 Å². The fourth-order valence-electron chi connectivity index (χ4n) is 2.18. The SMILES string of the molecule is Cn1ccc2c(C3CCN3)cccc21. The summed E-state index contributed by atoms with van der Waals surface area (Å²) >= 11 is 0. The van der Waals surface area contributed by atoms with Crippen LogP contribution in [-0.2, 0) is 7.05 Å². The van der Waals surface area contributed by atoms with E-state index in [1.807, 2.05) is 0 Å². The minimum absolute atomic E-state index is 0.584. The van der Waals surface area contributed by atoms with Crippen LogP contribution in [-0.4, -0.2) is 11.1 Å². The Morgan fingerprint density at radius 2 is 2.21 bits per heavy atom. The molecule has 2 heteroatoms. The van der Waals surface area contributed by atoms with Crippen LogP contribution in [0.25, 0.3) is 10.9 Å². The molecular formula is C12H14N2. The highest BCUT2D eigenvalue weighted by Gasteiger charge is 2.20. The number of fused-ring (bicyclic) bond motifs is 1. The largest absolute Gasteiger partial charge is 0.351 e. The van der Waals surface area contributed by atoms with Gasteiger partial charge in [-0.3, -0.25) is 0 Å². The highest BCUT2D eigenvalue weighted by atomic mass is 15.0. The molecule has 2 aromatic rings. The second-order valence-electron chi connectivity index (χ2n) is 4.00. The fraction of sp³-hybridized carbons (Fsp3) is 0.333. The number of nitrogens with zero attached hydrogens (tertiary/aromatic N) is 1. The highest BCUT2D eigenvalue weighted by Crippen LogP contribution is 2.29. The van der Waals surface area contributed by atoms with Crippen molar-refractivity contribution in [3.8, 4) is 0 Å². The molecule has 1 fully saturated rings. The Bertz CT molecular complexity index is 466. The molecule has 0 aliphatic carbocycles. The Morgan fingerprint density at radius 1 is 1.36 bits per heavy atom. The molecule has 1 unspecified atom stereocenters. The molecule has 1 aromatic carbocycles. The summed E-state index contributed by atoms with van der Waals surface area (Å²) in [6.07, 6.45) is 3.40. The first-order valence-corrected chi connectivity index (χ1v) is 5.13. The van der Waals surface area contributed by atoms with Crippen molar-refractivity contribution in [3.63, 3.8) is 0 Å². The van der Waals surface area contributed by atoms with E-state index in [4.69, 9.17) is 0 Å². The van der Waals surface area contributed by atoms with Crippen LogP contribution in [0.2, 0.25) is 0 Å². The van der Waals surface area contributed by atoms with Gasteiger partial charge in [0.05, 0.1) is 0 Å². The molecule has 1 N–H and O–H groups in total. The summed E-state index contributed by atoms with van der Waals surface area (Å²) in [6.45, 7) is 1.16. The summed E-state index contributed by atoms with van der Waals surface area (Å²) in [6, 6.07) is 9.36. The molecule has 1 saturated heterocycles. The second kappa shape index (κ2) is 2.85. The lowest BCUT2D eigenvalue weighted by Gasteiger charge is -2.28. The van der Waals surface area contributed by atoms with Crippen molar-refractivity contribution in [3.05, 3.63) is 36.0 Å². The normalized spacial score (nSPS) is 21.1. The van der Waals surface area contributed by atoms with Crippen LogP contribution in [0.4, 0.5) is 0 Å². The summed E-state index contributed by atoms with van der Waals surface area (Å²) in [5.41, 5.74) is 2.78. The molecule has 3 rings (SSSR count). The molecule has 2 heterocycles. The first kappa shape index (κ1) is 8.06. The zero-order valence-corrected chi connectivity index (χ0v) is 8.33. The third-order valence-corrected chi connectivity index (χ3v) is 3.16. The van der Waals surface area contributed by atoms with Crippen LogP contribution in [0.3, 0.4) is 0 Å². The fourth-order valence-corrected chi connectivity index (χ4v) is 2.18. The van der Waals surface area contributed by atoms with Crippen LogP contribution in [0.5, 0.6) is 0 Å². The van der Waals surface area contributed by atoms with Gasteiger partial charge in [0.2, 0.25) is 0 Å². The van der Waals surface area contributed by atoms with E-state index in [1.165, 1.54) is 22.9 Å². The molecule has 0 saturated carbocycles. The first-order valence-electron chi connectivity index (χ1n) is 5.13. The number of benzene rings is 1. The van der Waals surface area contributed by atoms with Crippen molar-refractivity contribution in [1.29, 1.82) is 0 Å². The third kappa shape index (κ3) is 1.01. The smallest absolute Gasteiger partial charge is 0.0481 e. The minimum Gasteiger partial charge on any atom is -0.351 e. The number of aromatic nitrogens is 1. The van der Waals surface area contributed by atoms with Crippen molar-refractivity contribution in [2.24, 2.45) is 7.05 Å². The predicted molar refractivity (Wildman–Crippen MR) is 58.3 cm³/mol. The van der Waals surface area contributed by atoms with Crippen LogP contribution < -0.4 is 5.32 Å². The van der Waals surface area contributed by atoms with Crippen molar-refractivity contribution in [1.82, 2.24) is 9.88 Å². The number of rotatable bonds is 1. The average Bonchev–Trinajstić information content (AvgIpc) is 2.47. The Kier molecular flexibility index (Phi) is 1.64. The van der Waals surface area contributed by atoms with Gasteiger partial charge in [-0.2, -0.15) is 0 Å². The molecule has 1 atom stereocenters. The van der Waals surface area contributed by atoms with Gasteiger partial charge >= 0.3 is 0 Å². The van der Waals surface area contributed by atoms with E-state index in [1.54, 1.807) is 0 Å². The molecule has 0 bridgehead atoms. The summed E-state index contributed by atoms with van der Waals surface area (Å²) < 4.78 is 2.18. The number of nitrogens with one attached hydrogen (secondary N) is 1. The van der Waals surface area contributed by atoms with Gasteiger partial charge in [0.25, 0.3) is 0 Å². The maximum atomic E-state index is 3.45. The van der Waals surface area contributed by atoms with Crippen LogP contribution in [0.15, 0.2) is 30.5 Å². The molecule has 2 nitrogen and oxygen atoms in total. The maximum Gasteiger partial charge on any atom is 0.0481 e. The summed E-state index contributed by atoms with van der Waals surface area (Å²) in [5, 5.41) is 4.85. The molecule has 72 valence electrons. The van der Waals surface area contributed by atoms with E-state index in [2.05, 4.69) is 47.4 Å². The van der Waals surface area contributed by atoms with Crippen molar-refractivity contribution in [2.45, 2.75) is 12.5 Å². The molecule has 0 radical (unpaired) electrons. The minimum atomic E-state index is 0.584. The molecule has 0 amide bonds. The van der Waals surface area contributed by atoms with Crippen LogP contribution >= 0.6 is 0 Å². The van der Waals surface area contributed by atoms with E-state index >= 15 is 0 Å². The van der Waals surface area contributed by atoms with Crippen molar-refractivity contribution in [2.75, 3.05) is 6.54 Å². The van der Waals surface area contributed by atoms with Gasteiger partial charge in [-0.25, -0.2) is 0 Å². The average molecular weight is 186 g/mol. The summed E-state index contributed by atoms with van der Waals surface area (Å²) in [4.78, 5) is 0. The molecule has 14 heavy (non-hydrogen) atoms. The monoisotopic (exact) mass is 186 g/mol. The Morgan fingerprint density at radius 3 is 2.93 bits per heavy atom. The lowest BCUT2D eigenvalue weighted by Crippen LogP contribution is -2.34. The van der Waals surface area contributed by atoms with Crippen molar-refractivity contribution < 1.29 is 0 Å². The van der Waals surface area contributed by atoms with E-state index < -0.39 is 0 Å². The predicted octanol–water partition coefficient (Wildman–Crippen LogP) is 2.21. The summed E-state index contributed by atoms with van der Waals surface area (Å²) in [7, 11) is 2.10.